The fourth-order valence-electron chi connectivity index (χ4n) is 3.59. The van der Waals surface area contributed by atoms with E-state index in [4.69, 9.17) is 9.47 Å². The number of amides is 2. The molecule has 3 aromatic carbocycles. The molecule has 1 aliphatic rings. The maximum absolute atomic E-state index is 13.4. The van der Waals surface area contributed by atoms with Gasteiger partial charge in [0.15, 0.2) is 0 Å². The smallest absolute Gasteiger partial charge is 0.416 e. The molecular weight excluding hydrogens is 449 g/mol. The van der Waals surface area contributed by atoms with E-state index >= 15 is 0 Å². The molecule has 2 amide bonds. The van der Waals surface area contributed by atoms with E-state index in [-0.39, 0.29) is 17.0 Å². The van der Waals surface area contributed by atoms with Gasteiger partial charge in [0.1, 0.15) is 17.2 Å². The summed E-state index contributed by atoms with van der Waals surface area (Å²) in [7, 11) is 2.95. The molecule has 0 atom stereocenters. The van der Waals surface area contributed by atoms with E-state index in [1.165, 1.54) is 14.2 Å². The summed E-state index contributed by atoms with van der Waals surface area (Å²) in [4.78, 5) is 27.6. The topological polar surface area (TPSA) is 67.9 Å². The molecule has 0 saturated heterocycles. The second-order valence-electron chi connectivity index (χ2n) is 7.30. The number of rotatable bonds is 6. The lowest BCUT2D eigenvalue weighted by Gasteiger charge is -2.17. The molecule has 34 heavy (non-hydrogen) atoms. The number of hydrogen-bond acceptors (Lipinski definition) is 5. The highest BCUT2D eigenvalue weighted by molar-refractivity contribution is 6.46. The van der Waals surface area contributed by atoms with Crippen molar-refractivity contribution in [3.05, 3.63) is 89.6 Å². The number of carbonyl (C=O) groups is 2. The molecule has 0 radical (unpaired) electrons. The van der Waals surface area contributed by atoms with Gasteiger partial charge in [-0.05, 0) is 42.0 Å². The van der Waals surface area contributed by atoms with E-state index in [9.17, 15) is 22.8 Å². The van der Waals surface area contributed by atoms with E-state index < -0.39 is 23.6 Å². The monoisotopic (exact) mass is 468 g/mol. The van der Waals surface area contributed by atoms with Crippen LogP contribution >= 0.6 is 0 Å². The molecule has 4 rings (SSSR count). The first-order valence-electron chi connectivity index (χ1n) is 10.1. The Bertz CT molecular complexity index is 1270. The molecule has 1 N–H and O–H groups in total. The van der Waals surface area contributed by atoms with Crippen molar-refractivity contribution in [1.29, 1.82) is 0 Å². The van der Waals surface area contributed by atoms with Crippen molar-refractivity contribution in [3.63, 3.8) is 0 Å². The summed E-state index contributed by atoms with van der Waals surface area (Å²) in [5.74, 6) is -0.472. The molecule has 174 valence electrons. The van der Waals surface area contributed by atoms with E-state index in [0.29, 0.717) is 22.7 Å². The van der Waals surface area contributed by atoms with Crippen molar-refractivity contribution >= 4 is 28.8 Å². The highest BCUT2D eigenvalue weighted by Crippen LogP contribution is 2.37. The molecule has 0 fully saturated rings. The quantitative estimate of drug-likeness (QED) is 0.509. The predicted octanol–water partition coefficient (Wildman–Crippen LogP) is 5.12. The van der Waals surface area contributed by atoms with Crippen molar-refractivity contribution in [2.75, 3.05) is 24.4 Å². The number of halogens is 3. The van der Waals surface area contributed by atoms with Gasteiger partial charge in [0.25, 0.3) is 11.8 Å². The second-order valence-corrected chi connectivity index (χ2v) is 7.30. The Morgan fingerprint density at radius 1 is 0.824 bits per heavy atom. The van der Waals surface area contributed by atoms with Gasteiger partial charge >= 0.3 is 6.18 Å². The van der Waals surface area contributed by atoms with Crippen LogP contribution in [0.4, 0.5) is 24.5 Å². The molecule has 0 aliphatic carbocycles. The van der Waals surface area contributed by atoms with E-state index in [1.54, 1.807) is 48.5 Å². The van der Waals surface area contributed by atoms with Crippen LogP contribution in [0.5, 0.6) is 11.5 Å². The highest BCUT2D eigenvalue weighted by Gasteiger charge is 2.41. The SMILES string of the molecule is COc1ccc(NC2=C(c3ccccc3)C(=O)N(c3ccc(C(F)(F)F)cc3)C2=O)c(OC)c1. The molecule has 9 heteroatoms. The first-order chi connectivity index (χ1) is 16.2. The molecule has 0 aromatic heterocycles. The summed E-state index contributed by atoms with van der Waals surface area (Å²) >= 11 is 0. The highest BCUT2D eigenvalue weighted by atomic mass is 19.4. The Hall–Kier alpha value is -4.27. The van der Waals surface area contributed by atoms with E-state index in [1.807, 2.05) is 0 Å². The van der Waals surface area contributed by atoms with Crippen molar-refractivity contribution in [3.8, 4) is 11.5 Å². The fraction of sp³-hybridized carbons (Fsp3) is 0.120. The molecule has 0 unspecified atom stereocenters. The molecule has 6 nitrogen and oxygen atoms in total. The normalized spacial score (nSPS) is 14.0. The van der Waals surface area contributed by atoms with Crippen LogP contribution in [-0.4, -0.2) is 26.0 Å². The van der Waals surface area contributed by atoms with Crippen molar-refractivity contribution in [2.45, 2.75) is 6.18 Å². The van der Waals surface area contributed by atoms with Crippen LogP contribution < -0.4 is 19.7 Å². The lowest BCUT2D eigenvalue weighted by molar-refractivity contribution is -0.137. The largest absolute Gasteiger partial charge is 0.497 e. The Labute approximate surface area is 193 Å². The molecule has 0 bridgehead atoms. The van der Waals surface area contributed by atoms with Gasteiger partial charge < -0.3 is 14.8 Å². The van der Waals surface area contributed by atoms with Gasteiger partial charge in [-0.1, -0.05) is 30.3 Å². The summed E-state index contributed by atoms with van der Waals surface area (Å²) < 4.78 is 49.5. The Morgan fingerprint density at radius 3 is 2.09 bits per heavy atom. The van der Waals surface area contributed by atoms with Crippen molar-refractivity contribution in [1.82, 2.24) is 0 Å². The van der Waals surface area contributed by atoms with Crippen molar-refractivity contribution < 1.29 is 32.2 Å². The third-order valence-corrected chi connectivity index (χ3v) is 5.27. The number of imide groups is 1. The minimum absolute atomic E-state index is 0.0231. The second kappa shape index (κ2) is 8.93. The van der Waals surface area contributed by atoms with E-state index in [2.05, 4.69) is 5.32 Å². The standard InChI is InChI=1S/C25H19F3N2O4/c1-33-18-12-13-19(20(14-18)34-2)29-22-21(15-6-4-3-5-7-15)23(31)30(24(22)32)17-10-8-16(9-11-17)25(26,27)28/h3-14,29H,1-2H3. The zero-order valence-electron chi connectivity index (χ0n) is 18.1. The van der Waals surface area contributed by atoms with Crippen LogP contribution in [0.15, 0.2) is 78.5 Å². The zero-order valence-corrected chi connectivity index (χ0v) is 18.1. The number of nitrogens with one attached hydrogen (secondary N) is 1. The van der Waals surface area contributed by atoms with Crippen LogP contribution in [-0.2, 0) is 15.8 Å². The number of methoxy groups -OCH3 is 2. The van der Waals surface area contributed by atoms with Gasteiger partial charge in [-0.2, -0.15) is 13.2 Å². The number of benzene rings is 3. The summed E-state index contributed by atoms with van der Waals surface area (Å²) in [5, 5.41) is 2.98. The zero-order chi connectivity index (χ0) is 24.5. The summed E-state index contributed by atoms with van der Waals surface area (Å²) in [6.45, 7) is 0. The molecule has 0 saturated carbocycles. The van der Waals surface area contributed by atoms with Crippen LogP contribution in [0, 0.1) is 0 Å². The minimum atomic E-state index is -4.54. The molecule has 0 spiro atoms. The van der Waals surface area contributed by atoms with Gasteiger partial charge in [0.2, 0.25) is 0 Å². The fourth-order valence-corrected chi connectivity index (χ4v) is 3.59. The number of hydrogen-bond donors (Lipinski definition) is 1. The summed E-state index contributed by atoms with van der Waals surface area (Å²) in [6.07, 6.45) is -4.54. The number of anilines is 2. The maximum atomic E-state index is 13.4. The third kappa shape index (κ3) is 4.19. The van der Waals surface area contributed by atoms with Crippen LogP contribution in [0.1, 0.15) is 11.1 Å². The Morgan fingerprint density at radius 2 is 1.50 bits per heavy atom. The lowest BCUT2D eigenvalue weighted by atomic mass is 10.0. The van der Waals surface area contributed by atoms with Crippen LogP contribution in [0.3, 0.4) is 0 Å². The molecule has 3 aromatic rings. The third-order valence-electron chi connectivity index (χ3n) is 5.27. The van der Waals surface area contributed by atoms with Gasteiger partial charge in [0.05, 0.1) is 36.7 Å². The Kier molecular flexibility index (Phi) is 6.02. The Balaban J connectivity index is 1.78. The van der Waals surface area contributed by atoms with Gasteiger partial charge in [-0.15, -0.1) is 0 Å². The number of carbonyl (C=O) groups excluding carboxylic acids is 2. The number of nitrogens with zero attached hydrogens (tertiary/aromatic N) is 1. The predicted molar refractivity (Wildman–Crippen MR) is 120 cm³/mol. The minimum Gasteiger partial charge on any atom is -0.497 e. The van der Waals surface area contributed by atoms with E-state index in [0.717, 1.165) is 29.2 Å². The number of ether oxygens (including phenoxy) is 2. The maximum Gasteiger partial charge on any atom is 0.416 e. The molecule has 1 aliphatic heterocycles. The first kappa shape index (κ1) is 22.9. The molecular formula is C25H19F3N2O4. The summed E-state index contributed by atoms with van der Waals surface area (Å²) in [6, 6.07) is 17.3. The van der Waals surface area contributed by atoms with Gasteiger partial charge in [0, 0.05) is 6.07 Å². The van der Waals surface area contributed by atoms with Gasteiger partial charge in [-0.25, -0.2) is 4.90 Å². The average Bonchev–Trinajstić information content (AvgIpc) is 3.08. The van der Waals surface area contributed by atoms with Gasteiger partial charge in [-0.3, -0.25) is 9.59 Å². The van der Waals surface area contributed by atoms with Crippen LogP contribution in [0.25, 0.3) is 5.57 Å². The summed E-state index contributed by atoms with van der Waals surface area (Å²) in [5.41, 5.74) is 0.0816. The van der Waals surface area contributed by atoms with Crippen LogP contribution in [0.2, 0.25) is 0 Å². The first-order valence-corrected chi connectivity index (χ1v) is 10.1. The average molecular weight is 468 g/mol. The van der Waals surface area contributed by atoms with Crippen molar-refractivity contribution in [2.24, 2.45) is 0 Å². The number of alkyl halides is 3. The molecule has 1 heterocycles. The lowest BCUT2D eigenvalue weighted by Crippen LogP contribution is -2.32.